The van der Waals surface area contributed by atoms with Crippen LogP contribution in [0.15, 0.2) is 67.0 Å². The summed E-state index contributed by atoms with van der Waals surface area (Å²) < 4.78 is 1.58. The third-order valence-electron chi connectivity index (χ3n) is 4.18. The summed E-state index contributed by atoms with van der Waals surface area (Å²) in [7, 11) is 0. The fourth-order valence-electron chi connectivity index (χ4n) is 2.67. The highest BCUT2D eigenvalue weighted by atomic mass is 32.2. The molecule has 0 atom stereocenters. The Morgan fingerprint density at radius 1 is 0.686 bits per heavy atom. The van der Waals surface area contributed by atoms with Crippen molar-refractivity contribution in [3.05, 3.63) is 58.5 Å². The molecule has 13 heteroatoms. The highest BCUT2D eigenvalue weighted by molar-refractivity contribution is 8.02. The number of amides is 2. The monoisotopic (exact) mass is 560 g/mol. The zero-order chi connectivity index (χ0) is 24.6. The van der Waals surface area contributed by atoms with Gasteiger partial charge in [0.05, 0.1) is 11.5 Å². The number of aromatic nitrogens is 4. The normalized spacial score (nSPS) is 10.8. The molecule has 0 fully saturated rings. The maximum absolute atomic E-state index is 12.2. The summed E-state index contributed by atoms with van der Waals surface area (Å²) in [6.45, 7) is 3.77. The molecule has 8 nitrogen and oxygen atoms in total. The predicted molar refractivity (Wildman–Crippen MR) is 145 cm³/mol. The van der Waals surface area contributed by atoms with Crippen LogP contribution in [-0.4, -0.2) is 43.7 Å². The number of nitrogens with one attached hydrogen (secondary N) is 2. The van der Waals surface area contributed by atoms with Crippen molar-refractivity contribution in [3.63, 3.8) is 0 Å². The second kappa shape index (κ2) is 12.5. The molecule has 0 saturated carbocycles. The molecule has 4 aromatic rings. The highest BCUT2D eigenvalue weighted by Crippen LogP contribution is 2.30. The van der Waals surface area contributed by atoms with Gasteiger partial charge < -0.3 is 10.6 Å². The van der Waals surface area contributed by atoms with Crippen LogP contribution in [0.3, 0.4) is 0 Å². The number of anilines is 2. The predicted octanol–water partition coefficient (Wildman–Crippen LogP) is 5.62. The molecule has 0 radical (unpaired) electrons. The van der Waals surface area contributed by atoms with Gasteiger partial charge in [0, 0.05) is 21.2 Å². The smallest absolute Gasteiger partial charge is 0.234 e. The second-order valence-corrected chi connectivity index (χ2v) is 13.0. The van der Waals surface area contributed by atoms with Gasteiger partial charge >= 0.3 is 0 Å². The van der Waals surface area contributed by atoms with E-state index in [2.05, 4.69) is 31.0 Å². The van der Waals surface area contributed by atoms with Crippen molar-refractivity contribution in [2.75, 3.05) is 22.1 Å². The molecule has 0 saturated heterocycles. The van der Waals surface area contributed by atoms with Gasteiger partial charge in [-0.05, 0) is 62.4 Å². The highest BCUT2D eigenvalue weighted by Gasteiger charge is 2.09. The van der Waals surface area contributed by atoms with E-state index in [4.69, 9.17) is 0 Å². The maximum atomic E-state index is 12.2. The van der Waals surface area contributed by atoms with E-state index >= 15 is 0 Å². The molecule has 0 spiro atoms. The van der Waals surface area contributed by atoms with E-state index < -0.39 is 0 Å². The summed E-state index contributed by atoms with van der Waals surface area (Å²) in [6.07, 6.45) is 0. The summed E-state index contributed by atoms with van der Waals surface area (Å²) >= 11 is 7.31. The van der Waals surface area contributed by atoms with Crippen LogP contribution in [0.1, 0.15) is 10.0 Å². The van der Waals surface area contributed by atoms with Crippen LogP contribution in [0.5, 0.6) is 0 Å². The Morgan fingerprint density at radius 3 is 1.43 bits per heavy atom. The third-order valence-corrected chi connectivity index (χ3v) is 9.14. The minimum absolute atomic E-state index is 0.0854. The molecule has 2 aromatic heterocycles. The van der Waals surface area contributed by atoms with Crippen molar-refractivity contribution in [1.29, 1.82) is 0 Å². The molecule has 0 aliphatic heterocycles. The third kappa shape index (κ3) is 8.32. The average molecular weight is 561 g/mol. The molecule has 180 valence electrons. The molecule has 2 N–H and O–H groups in total. The Labute approximate surface area is 223 Å². The molecule has 0 bridgehead atoms. The molecule has 2 amide bonds. The van der Waals surface area contributed by atoms with Crippen LogP contribution in [0.25, 0.3) is 0 Å². The molecular weight excluding hydrogens is 541 g/mol. The van der Waals surface area contributed by atoms with E-state index in [1.807, 2.05) is 62.4 Å². The largest absolute Gasteiger partial charge is 0.325 e. The zero-order valence-electron chi connectivity index (χ0n) is 18.7. The Balaban J connectivity index is 1.21. The molecule has 4 rings (SSSR count). The molecule has 2 aromatic carbocycles. The summed E-state index contributed by atoms with van der Waals surface area (Å²) in [5, 5.41) is 23.5. The number of carbonyl (C=O) groups is 2. The Hall–Kier alpha value is -2.45. The number of nitrogens with zero attached hydrogens (tertiary/aromatic N) is 4. The van der Waals surface area contributed by atoms with Gasteiger partial charge in [-0.25, -0.2) is 0 Å². The first-order chi connectivity index (χ1) is 16.9. The van der Waals surface area contributed by atoms with Gasteiger partial charge in [0.1, 0.15) is 10.0 Å². The Kier molecular flexibility index (Phi) is 9.15. The lowest BCUT2D eigenvalue weighted by Gasteiger charge is -2.08. The maximum Gasteiger partial charge on any atom is 0.234 e. The van der Waals surface area contributed by atoms with Crippen molar-refractivity contribution in [2.45, 2.75) is 32.3 Å². The van der Waals surface area contributed by atoms with Crippen LogP contribution < -0.4 is 10.6 Å². The van der Waals surface area contributed by atoms with Gasteiger partial charge in [-0.3, -0.25) is 9.59 Å². The molecule has 0 aliphatic rings. The SMILES string of the molecule is Cc1nnc(SCC(=O)Nc2ccc(Sc3ccc(NC(=O)CSc4nnc(C)s4)cc3)cc2)s1. The number of aryl methyl sites for hydroxylation is 2. The first kappa shape index (κ1) is 25.6. The Bertz CT molecular complexity index is 1190. The first-order valence-electron chi connectivity index (χ1n) is 10.3. The van der Waals surface area contributed by atoms with E-state index in [0.29, 0.717) is 0 Å². The molecule has 0 unspecified atom stereocenters. The van der Waals surface area contributed by atoms with Gasteiger partial charge in [0.2, 0.25) is 11.8 Å². The van der Waals surface area contributed by atoms with Crippen molar-refractivity contribution in [3.8, 4) is 0 Å². The molecule has 35 heavy (non-hydrogen) atoms. The minimum Gasteiger partial charge on any atom is -0.325 e. The summed E-state index contributed by atoms with van der Waals surface area (Å²) in [5.74, 6) is 0.402. The van der Waals surface area contributed by atoms with E-state index in [1.54, 1.807) is 11.8 Å². The minimum atomic E-state index is -0.0854. The standard InChI is InChI=1S/C22H20N6O2S5/c1-13-25-27-21(33-13)31-11-19(29)23-15-3-7-17(8-4-15)35-18-9-5-16(6-10-18)24-20(30)12-32-22-28-26-14(2)34-22/h3-10H,11-12H2,1-2H3,(H,23,29)(H,24,30). The van der Waals surface area contributed by atoms with Crippen LogP contribution in [0, 0.1) is 13.8 Å². The number of benzene rings is 2. The zero-order valence-corrected chi connectivity index (χ0v) is 22.8. The van der Waals surface area contributed by atoms with Crippen LogP contribution in [-0.2, 0) is 9.59 Å². The van der Waals surface area contributed by atoms with Gasteiger partial charge in [0.15, 0.2) is 8.68 Å². The summed E-state index contributed by atoms with van der Waals surface area (Å²) in [5.41, 5.74) is 1.49. The number of thioether (sulfide) groups is 2. The summed E-state index contributed by atoms with van der Waals surface area (Å²) in [6, 6.07) is 15.4. The second-order valence-electron chi connectivity index (χ2n) is 7.00. The van der Waals surface area contributed by atoms with Crippen molar-refractivity contribution < 1.29 is 9.59 Å². The topological polar surface area (TPSA) is 110 Å². The number of rotatable bonds is 10. The lowest BCUT2D eigenvalue weighted by atomic mass is 10.3. The number of carbonyl (C=O) groups excluding carboxylic acids is 2. The molecule has 0 aliphatic carbocycles. The van der Waals surface area contributed by atoms with Gasteiger partial charge in [-0.15, -0.1) is 20.4 Å². The fraction of sp³-hybridized carbons (Fsp3) is 0.182. The quantitative estimate of drug-likeness (QED) is 0.239. The first-order valence-corrected chi connectivity index (χ1v) is 14.7. The van der Waals surface area contributed by atoms with E-state index in [1.165, 1.54) is 46.2 Å². The van der Waals surface area contributed by atoms with E-state index in [-0.39, 0.29) is 23.3 Å². The van der Waals surface area contributed by atoms with Crippen molar-refractivity contribution >= 4 is 81.1 Å². The van der Waals surface area contributed by atoms with Crippen molar-refractivity contribution in [1.82, 2.24) is 20.4 Å². The number of hydrogen-bond donors (Lipinski definition) is 2. The number of hydrogen-bond acceptors (Lipinski definition) is 11. The van der Waals surface area contributed by atoms with Gasteiger partial charge in [0.25, 0.3) is 0 Å². The lowest BCUT2D eigenvalue weighted by molar-refractivity contribution is -0.114. The molecule has 2 heterocycles. The summed E-state index contributed by atoms with van der Waals surface area (Å²) in [4.78, 5) is 26.4. The van der Waals surface area contributed by atoms with E-state index in [9.17, 15) is 9.59 Å². The average Bonchev–Trinajstić information content (AvgIpc) is 3.46. The molecular formula is C22H20N6O2S5. The van der Waals surface area contributed by atoms with Crippen LogP contribution >= 0.6 is 58.0 Å². The Morgan fingerprint density at radius 2 is 1.09 bits per heavy atom. The van der Waals surface area contributed by atoms with Gasteiger partial charge in [-0.1, -0.05) is 58.0 Å². The lowest BCUT2D eigenvalue weighted by Crippen LogP contribution is -2.13. The van der Waals surface area contributed by atoms with Crippen LogP contribution in [0.4, 0.5) is 11.4 Å². The van der Waals surface area contributed by atoms with Crippen molar-refractivity contribution in [2.24, 2.45) is 0 Å². The van der Waals surface area contributed by atoms with Crippen LogP contribution in [0.2, 0.25) is 0 Å². The fourth-order valence-corrected chi connectivity index (χ4v) is 6.72. The van der Waals surface area contributed by atoms with Gasteiger partial charge in [-0.2, -0.15) is 0 Å². The van der Waals surface area contributed by atoms with E-state index in [0.717, 1.165) is 39.9 Å².